The lowest BCUT2D eigenvalue weighted by Gasteiger charge is -2.36. The molecule has 4 rings (SSSR count). The van der Waals surface area contributed by atoms with Gasteiger partial charge in [0.1, 0.15) is 5.84 Å². The van der Waals surface area contributed by atoms with E-state index in [0.717, 1.165) is 18.2 Å². The fraction of sp³-hybridized carbons (Fsp3) is 0.333. The molecule has 3 aromatic carbocycles. The highest BCUT2D eigenvalue weighted by molar-refractivity contribution is 5.94. The van der Waals surface area contributed by atoms with Crippen LogP contribution in [0.3, 0.4) is 0 Å². The highest BCUT2D eigenvalue weighted by Crippen LogP contribution is 2.40. The lowest BCUT2D eigenvalue weighted by atomic mass is 9.82. The Morgan fingerprint density at radius 3 is 1.93 bits per heavy atom. The molecule has 1 fully saturated rings. The minimum atomic E-state index is -4.98. The molecule has 7 nitrogen and oxygen atoms in total. The number of nitrogens with zero attached hydrogens (tertiary/aromatic N) is 2. The molecule has 0 unspecified atom stereocenters. The number of hydrogen-bond donors (Lipinski definition) is 2. The second-order valence-electron chi connectivity index (χ2n) is 10.1. The fourth-order valence-electron chi connectivity index (χ4n) is 5.33. The largest absolute Gasteiger partial charge is 0.452 e. The lowest BCUT2D eigenvalue weighted by Crippen LogP contribution is -2.50. The lowest BCUT2D eigenvalue weighted by molar-refractivity contribution is -0.143. The van der Waals surface area contributed by atoms with Crippen LogP contribution in [0.15, 0.2) is 78.9 Å². The molecule has 0 radical (unpaired) electrons. The van der Waals surface area contributed by atoms with E-state index in [-0.39, 0.29) is 29.9 Å². The van der Waals surface area contributed by atoms with Gasteiger partial charge < -0.3 is 9.47 Å². The number of carbonyl (C=O) groups excluding carboxylic acids is 1. The van der Waals surface area contributed by atoms with Crippen LogP contribution in [0, 0.1) is 5.41 Å². The SMILES string of the molecule is COC(=O)N(N)C(=N)CN1CC[C@H](OCc2cc(C(F)(F)F)cc(C(F)(F)F)c2)[C@@H]1C(c1ccccc1)c1ccccc1. The number of amides is 1. The van der Waals surface area contributed by atoms with Gasteiger partial charge in [-0.05, 0) is 41.3 Å². The Labute approximate surface area is 244 Å². The van der Waals surface area contributed by atoms with Crippen LogP contribution in [0.4, 0.5) is 31.1 Å². The van der Waals surface area contributed by atoms with Crippen LogP contribution < -0.4 is 5.84 Å². The zero-order chi connectivity index (χ0) is 31.4. The van der Waals surface area contributed by atoms with Crippen molar-refractivity contribution in [1.82, 2.24) is 9.91 Å². The van der Waals surface area contributed by atoms with Gasteiger partial charge in [0.05, 0.1) is 37.5 Å². The first-order valence-corrected chi connectivity index (χ1v) is 13.2. The van der Waals surface area contributed by atoms with Gasteiger partial charge >= 0.3 is 18.4 Å². The van der Waals surface area contributed by atoms with Crippen LogP contribution in [0.1, 0.15) is 40.2 Å². The normalized spacial score (nSPS) is 17.7. The Morgan fingerprint density at radius 1 is 0.953 bits per heavy atom. The maximum atomic E-state index is 13.5. The van der Waals surface area contributed by atoms with Gasteiger partial charge in [-0.2, -0.15) is 31.4 Å². The van der Waals surface area contributed by atoms with Gasteiger partial charge in [-0.25, -0.2) is 10.6 Å². The highest BCUT2D eigenvalue weighted by atomic mass is 19.4. The molecule has 0 bridgehead atoms. The monoisotopic (exact) mass is 608 g/mol. The number of nitrogens with one attached hydrogen (secondary N) is 1. The van der Waals surface area contributed by atoms with Crippen LogP contribution in [-0.2, 0) is 28.4 Å². The predicted octanol–water partition coefficient (Wildman–Crippen LogP) is 6.44. The summed E-state index contributed by atoms with van der Waals surface area (Å²) in [7, 11) is 1.12. The van der Waals surface area contributed by atoms with Crippen molar-refractivity contribution in [3.05, 3.63) is 107 Å². The van der Waals surface area contributed by atoms with E-state index in [1.54, 1.807) is 0 Å². The molecule has 13 heteroatoms. The molecule has 0 aromatic heterocycles. The van der Waals surface area contributed by atoms with Crippen molar-refractivity contribution in [3.63, 3.8) is 0 Å². The number of benzene rings is 3. The van der Waals surface area contributed by atoms with Crippen molar-refractivity contribution in [2.45, 2.75) is 43.4 Å². The topological polar surface area (TPSA) is 91.9 Å². The summed E-state index contributed by atoms with van der Waals surface area (Å²) in [6.07, 6.45) is -11.2. The minimum Gasteiger partial charge on any atom is -0.452 e. The third-order valence-electron chi connectivity index (χ3n) is 7.29. The van der Waals surface area contributed by atoms with E-state index in [0.29, 0.717) is 30.1 Å². The summed E-state index contributed by atoms with van der Waals surface area (Å²) < 4.78 is 91.5. The zero-order valence-corrected chi connectivity index (χ0v) is 23.0. The standard InChI is InChI=1S/C30H30F6N4O3/c1-42-28(41)40(38)25(37)17-39-13-12-24(27(39)26(20-8-4-2-5-9-20)21-10-6-3-7-11-21)43-18-19-14-22(29(31,32)33)16-23(15-19)30(34,35)36/h2-11,14-16,24,26-27,37H,12-13,17-18,38H2,1H3/t24-,27+/m0/s1. The first kappa shape index (κ1) is 32.0. The number of carbonyl (C=O) groups is 1. The van der Waals surface area contributed by atoms with Crippen LogP contribution in [0.5, 0.6) is 0 Å². The van der Waals surface area contributed by atoms with E-state index >= 15 is 0 Å². The van der Waals surface area contributed by atoms with E-state index in [9.17, 15) is 31.1 Å². The summed E-state index contributed by atoms with van der Waals surface area (Å²) in [5.41, 5.74) is -1.36. The van der Waals surface area contributed by atoms with Crippen molar-refractivity contribution in [1.29, 1.82) is 5.41 Å². The number of rotatable bonds is 8. The molecule has 1 aliphatic rings. The Balaban J connectivity index is 1.71. The molecule has 2 atom stereocenters. The van der Waals surface area contributed by atoms with E-state index in [1.165, 1.54) is 0 Å². The quantitative estimate of drug-likeness (QED) is 0.0768. The number of hydrazine groups is 1. The number of halogens is 6. The molecule has 0 spiro atoms. The van der Waals surface area contributed by atoms with E-state index in [4.69, 9.17) is 16.0 Å². The fourth-order valence-corrected chi connectivity index (χ4v) is 5.33. The predicted molar refractivity (Wildman–Crippen MR) is 146 cm³/mol. The van der Waals surface area contributed by atoms with Crippen molar-refractivity contribution < 1.29 is 40.6 Å². The van der Waals surface area contributed by atoms with Gasteiger partial charge in [-0.3, -0.25) is 10.3 Å². The minimum absolute atomic E-state index is 0.0793. The highest BCUT2D eigenvalue weighted by Gasteiger charge is 2.43. The number of amidine groups is 1. The molecule has 43 heavy (non-hydrogen) atoms. The molecule has 0 aliphatic carbocycles. The molecule has 1 aliphatic heterocycles. The Hall–Kier alpha value is -3.94. The van der Waals surface area contributed by atoms with Gasteiger partial charge in [0.25, 0.3) is 0 Å². The zero-order valence-electron chi connectivity index (χ0n) is 23.0. The Morgan fingerprint density at radius 2 is 1.47 bits per heavy atom. The van der Waals surface area contributed by atoms with Gasteiger partial charge in [0.2, 0.25) is 0 Å². The molecular weight excluding hydrogens is 578 g/mol. The maximum Gasteiger partial charge on any atom is 0.429 e. The summed E-state index contributed by atoms with van der Waals surface area (Å²) in [5, 5.41) is 8.97. The maximum absolute atomic E-state index is 13.5. The molecule has 230 valence electrons. The number of hydrogen-bond acceptors (Lipinski definition) is 6. The average Bonchev–Trinajstić information content (AvgIpc) is 3.36. The molecule has 1 amide bonds. The molecule has 0 saturated carbocycles. The number of nitrogens with two attached hydrogens (primary N) is 1. The summed E-state index contributed by atoms with van der Waals surface area (Å²) in [4.78, 5) is 13.8. The Bertz CT molecular complexity index is 1330. The molecule has 1 saturated heterocycles. The summed E-state index contributed by atoms with van der Waals surface area (Å²) in [6, 6.07) is 19.6. The third kappa shape index (κ3) is 7.72. The van der Waals surface area contributed by atoms with Crippen molar-refractivity contribution >= 4 is 11.9 Å². The number of alkyl halides is 6. The van der Waals surface area contributed by atoms with E-state index < -0.39 is 48.3 Å². The second-order valence-corrected chi connectivity index (χ2v) is 10.1. The smallest absolute Gasteiger partial charge is 0.429 e. The van der Waals surface area contributed by atoms with Crippen LogP contribution in [0.2, 0.25) is 0 Å². The Kier molecular flexibility index (Phi) is 9.78. The summed E-state index contributed by atoms with van der Waals surface area (Å²) in [6.45, 7) is -0.270. The van der Waals surface area contributed by atoms with E-state index in [2.05, 4.69) is 4.74 Å². The molecular formula is C30H30F6N4O3. The van der Waals surface area contributed by atoms with Crippen LogP contribution in [-0.4, -0.2) is 54.2 Å². The number of likely N-dealkylation sites (tertiary alicyclic amines) is 1. The molecule has 3 N–H and O–H groups in total. The number of ether oxygens (including phenoxy) is 2. The third-order valence-corrected chi connectivity index (χ3v) is 7.29. The van der Waals surface area contributed by atoms with Crippen molar-refractivity contribution in [2.75, 3.05) is 20.2 Å². The summed E-state index contributed by atoms with van der Waals surface area (Å²) >= 11 is 0. The molecule has 1 heterocycles. The van der Waals surface area contributed by atoms with Crippen molar-refractivity contribution in [2.24, 2.45) is 5.84 Å². The van der Waals surface area contributed by atoms with E-state index in [1.807, 2.05) is 65.6 Å². The van der Waals surface area contributed by atoms with Crippen LogP contribution in [0.25, 0.3) is 0 Å². The van der Waals surface area contributed by atoms with Gasteiger partial charge in [0, 0.05) is 18.5 Å². The van der Waals surface area contributed by atoms with Gasteiger partial charge in [-0.15, -0.1) is 0 Å². The second kappa shape index (κ2) is 13.1. The average molecular weight is 609 g/mol. The first-order chi connectivity index (χ1) is 20.3. The van der Waals surface area contributed by atoms with Crippen molar-refractivity contribution in [3.8, 4) is 0 Å². The van der Waals surface area contributed by atoms with Crippen LogP contribution >= 0.6 is 0 Å². The first-order valence-electron chi connectivity index (χ1n) is 13.2. The number of methoxy groups -OCH3 is 1. The van der Waals surface area contributed by atoms with Gasteiger partial charge in [0.15, 0.2) is 0 Å². The molecule has 3 aromatic rings. The summed E-state index contributed by atoms with van der Waals surface area (Å²) in [5.74, 6) is 5.10. The van der Waals surface area contributed by atoms with Gasteiger partial charge in [-0.1, -0.05) is 60.7 Å².